The van der Waals surface area contributed by atoms with E-state index in [1.165, 1.54) is 12.1 Å². The largest absolute Gasteiger partial charge is 0.417 e. The quantitative estimate of drug-likeness (QED) is 0.897. The normalized spacial score (nSPS) is 19.3. The molecule has 0 aromatic heterocycles. The number of carbonyl (C=O) groups excluding carboxylic acids is 1. The van der Waals surface area contributed by atoms with Crippen molar-refractivity contribution >= 4 is 17.5 Å². The van der Waals surface area contributed by atoms with Gasteiger partial charge in [-0.05, 0) is 31.5 Å². The molecule has 116 valence electrons. The van der Waals surface area contributed by atoms with Crippen LogP contribution in [0.15, 0.2) is 18.2 Å². The lowest BCUT2D eigenvalue weighted by Crippen LogP contribution is -2.43. The van der Waals surface area contributed by atoms with Crippen molar-refractivity contribution in [1.82, 2.24) is 10.6 Å². The summed E-state index contributed by atoms with van der Waals surface area (Å²) in [6, 6.07) is 3.50. The van der Waals surface area contributed by atoms with Crippen molar-refractivity contribution in [3.05, 3.63) is 34.3 Å². The first-order valence-electron chi connectivity index (χ1n) is 6.77. The van der Waals surface area contributed by atoms with E-state index in [0.717, 1.165) is 31.9 Å². The molecule has 1 atom stereocenters. The third kappa shape index (κ3) is 4.11. The first-order chi connectivity index (χ1) is 9.89. The van der Waals surface area contributed by atoms with Gasteiger partial charge in [-0.15, -0.1) is 0 Å². The number of rotatable bonds is 3. The molecule has 1 aliphatic rings. The highest BCUT2D eigenvalue weighted by Crippen LogP contribution is 2.36. The van der Waals surface area contributed by atoms with Crippen LogP contribution in [0.25, 0.3) is 0 Å². The fourth-order valence-electron chi connectivity index (χ4n) is 2.34. The number of piperidine rings is 1. The van der Waals surface area contributed by atoms with Crippen molar-refractivity contribution in [2.75, 3.05) is 13.1 Å². The van der Waals surface area contributed by atoms with Crippen LogP contribution in [0, 0.1) is 0 Å². The van der Waals surface area contributed by atoms with Crippen LogP contribution in [-0.4, -0.2) is 25.0 Å². The van der Waals surface area contributed by atoms with E-state index < -0.39 is 22.7 Å². The van der Waals surface area contributed by atoms with Crippen molar-refractivity contribution in [3.63, 3.8) is 0 Å². The summed E-state index contributed by atoms with van der Waals surface area (Å²) in [4.78, 5) is 12.0. The van der Waals surface area contributed by atoms with Crippen LogP contribution in [0.1, 0.15) is 35.2 Å². The van der Waals surface area contributed by atoms with E-state index in [1.807, 2.05) is 0 Å². The van der Waals surface area contributed by atoms with E-state index in [9.17, 15) is 18.0 Å². The van der Waals surface area contributed by atoms with Crippen molar-refractivity contribution in [2.45, 2.75) is 31.5 Å². The Morgan fingerprint density at radius 1 is 1.38 bits per heavy atom. The summed E-state index contributed by atoms with van der Waals surface area (Å²) < 4.78 is 38.2. The summed E-state index contributed by atoms with van der Waals surface area (Å²) >= 11 is 5.71. The zero-order valence-corrected chi connectivity index (χ0v) is 12.0. The fraction of sp³-hybridized carbons (Fsp3) is 0.500. The molecular weight excluding hydrogens is 305 g/mol. The molecule has 0 spiro atoms. The molecule has 0 aliphatic carbocycles. The van der Waals surface area contributed by atoms with E-state index in [4.69, 9.17) is 11.6 Å². The molecule has 7 heteroatoms. The van der Waals surface area contributed by atoms with E-state index in [1.54, 1.807) is 0 Å². The number of amides is 1. The predicted octanol–water partition coefficient (Wildman–Crippen LogP) is 3.23. The highest BCUT2D eigenvalue weighted by Gasteiger charge is 2.34. The van der Waals surface area contributed by atoms with Crippen LogP contribution in [0.2, 0.25) is 5.02 Å². The molecule has 3 nitrogen and oxygen atoms in total. The number of hydrogen-bond acceptors (Lipinski definition) is 2. The Morgan fingerprint density at radius 2 is 2.14 bits per heavy atom. The van der Waals surface area contributed by atoms with E-state index in [2.05, 4.69) is 10.6 Å². The lowest BCUT2D eigenvalue weighted by atomic mass is 10.0. The van der Waals surface area contributed by atoms with Gasteiger partial charge in [0.15, 0.2) is 0 Å². The van der Waals surface area contributed by atoms with Crippen LogP contribution in [0.3, 0.4) is 0 Å². The molecule has 2 N–H and O–H groups in total. The Bertz CT molecular complexity index is 513. The van der Waals surface area contributed by atoms with Gasteiger partial charge in [-0.25, -0.2) is 0 Å². The number of halogens is 4. The smallest absolute Gasteiger partial charge is 0.350 e. The van der Waals surface area contributed by atoms with Gasteiger partial charge >= 0.3 is 6.18 Å². The molecule has 21 heavy (non-hydrogen) atoms. The molecule has 1 heterocycles. The van der Waals surface area contributed by atoms with Crippen LogP contribution < -0.4 is 10.6 Å². The minimum atomic E-state index is -4.57. The monoisotopic (exact) mass is 320 g/mol. The second-order valence-corrected chi connectivity index (χ2v) is 5.40. The third-order valence-corrected chi connectivity index (χ3v) is 3.88. The topological polar surface area (TPSA) is 41.1 Å². The highest BCUT2D eigenvalue weighted by molar-refractivity contribution is 6.34. The molecule has 0 bridgehead atoms. The third-order valence-electron chi connectivity index (χ3n) is 3.47. The molecule has 1 aromatic rings. The lowest BCUT2D eigenvalue weighted by Gasteiger charge is -2.23. The Labute approximate surface area is 125 Å². The SMILES string of the molecule is O=C(NCC1CCCCN1)c1cccc(C(F)(F)F)c1Cl. The lowest BCUT2D eigenvalue weighted by molar-refractivity contribution is -0.137. The van der Waals surface area contributed by atoms with Gasteiger partial charge in [0.1, 0.15) is 0 Å². The van der Waals surface area contributed by atoms with Gasteiger partial charge in [0.05, 0.1) is 16.1 Å². The average molecular weight is 321 g/mol. The predicted molar refractivity (Wildman–Crippen MR) is 74.4 cm³/mol. The molecule has 1 aliphatic heterocycles. The van der Waals surface area contributed by atoms with Crippen molar-refractivity contribution < 1.29 is 18.0 Å². The Balaban J connectivity index is 2.05. The van der Waals surface area contributed by atoms with Crippen LogP contribution in [0.5, 0.6) is 0 Å². The van der Waals surface area contributed by atoms with Crippen LogP contribution in [0.4, 0.5) is 13.2 Å². The van der Waals surface area contributed by atoms with Gasteiger partial charge in [-0.3, -0.25) is 4.79 Å². The van der Waals surface area contributed by atoms with Gasteiger partial charge in [0.25, 0.3) is 5.91 Å². The minimum absolute atomic E-state index is 0.151. The summed E-state index contributed by atoms with van der Waals surface area (Å²) in [5, 5.41) is 5.33. The number of nitrogens with one attached hydrogen (secondary N) is 2. The maximum atomic E-state index is 12.7. The molecule has 0 radical (unpaired) electrons. The van der Waals surface area contributed by atoms with Crippen LogP contribution in [-0.2, 0) is 6.18 Å². The molecule has 1 amide bonds. The minimum Gasteiger partial charge on any atom is -0.350 e. The highest BCUT2D eigenvalue weighted by atomic mass is 35.5. The van der Waals surface area contributed by atoms with Crippen molar-refractivity contribution in [1.29, 1.82) is 0 Å². The first kappa shape index (κ1) is 16.1. The summed E-state index contributed by atoms with van der Waals surface area (Å²) in [5.74, 6) is -0.585. The standard InChI is InChI=1S/C14H16ClF3N2O/c15-12-10(5-3-6-11(12)14(16,17)18)13(21)20-8-9-4-1-2-7-19-9/h3,5-6,9,19H,1-2,4,7-8H2,(H,20,21). The van der Waals surface area contributed by atoms with Gasteiger partial charge in [0, 0.05) is 12.6 Å². The number of benzene rings is 1. The maximum Gasteiger partial charge on any atom is 0.417 e. The number of carbonyl (C=O) groups is 1. The fourth-order valence-corrected chi connectivity index (χ4v) is 2.65. The molecule has 1 saturated heterocycles. The second kappa shape index (κ2) is 6.66. The zero-order chi connectivity index (χ0) is 15.5. The van der Waals surface area contributed by atoms with Crippen molar-refractivity contribution in [2.24, 2.45) is 0 Å². The van der Waals surface area contributed by atoms with Gasteiger partial charge in [-0.2, -0.15) is 13.2 Å². The Hall–Kier alpha value is -1.27. The van der Waals surface area contributed by atoms with Crippen LogP contribution >= 0.6 is 11.6 Å². The average Bonchev–Trinajstić information content (AvgIpc) is 2.45. The summed E-state index contributed by atoms with van der Waals surface area (Å²) in [5.41, 5.74) is -1.14. The van der Waals surface area contributed by atoms with Gasteiger partial charge in [0.2, 0.25) is 0 Å². The molecule has 1 fully saturated rings. The molecule has 1 aromatic carbocycles. The van der Waals surface area contributed by atoms with E-state index >= 15 is 0 Å². The Morgan fingerprint density at radius 3 is 2.76 bits per heavy atom. The summed E-state index contributed by atoms with van der Waals surface area (Å²) in [6.07, 6.45) is -1.45. The molecule has 1 unspecified atom stereocenters. The first-order valence-corrected chi connectivity index (χ1v) is 7.14. The van der Waals surface area contributed by atoms with Gasteiger partial charge < -0.3 is 10.6 Å². The Kier molecular flexibility index (Phi) is 5.11. The summed E-state index contributed by atoms with van der Waals surface area (Å²) in [6.45, 7) is 1.27. The van der Waals surface area contributed by atoms with E-state index in [-0.39, 0.29) is 11.6 Å². The summed E-state index contributed by atoms with van der Waals surface area (Å²) in [7, 11) is 0. The molecule has 2 rings (SSSR count). The van der Waals surface area contributed by atoms with Crippen molar-refractivity contribution in [3.8, 4) is 0 Å². The second-order valence-electron chi connectivity index (χ2n) is 5.02. The number of hydrogen-bond donors (Lipinski definition) is 2. The van der Waals surface area contributed by atoms with Gasteiger partial charge in [-0.1, -0.05) is 24.1 Å². The van der Waals surface area contributed by atoms with E-state index in [0.29, 0.717) is 6.54 Å². The molecular formula is C14H16ClF3N2O. The maximum absolute atomic E-state index is 12.7. The number of alkyl halides is 3. The molecule has 0 saturated carbocycles. The zero-order valence-electron chi connectivity index (χ0n) is 11.3.